The van der Waals surface area contributed by atoms with E-state index in [9.17, 15) is 5.26 Å². The van der Waals surface area contributed by atoms with Crippen LogP contribution >= 0.6 is 0 Å². The van der Waals surface area contributed by atoms with Gasteiger partial charge in [0.05, 0.1) is 6.26 Å². The highest BCUT2D eigenvalue weighted by Gasteiger charge is 2.16. The number of nitrogens with two attached hydrogens (primary N) is 2. The molecule has 0 fully saturated rings. The average Bonchev–Trinajstić information content (AvgIpc) is 3.08. The molecule has 7 heteroatoms. The van der Waals surface area contributed by atoms with Crippen LogP contribution in [0.1, 0.15) is 11.1 Å². The van der Waals surface area contributed by atoms with E-state index < -0.39 is 0 Å². The van der Waals surface area contributed by atoms with Gasteiger partial charge in [-0.2, -0.15) is 10.2 Å². The number of hydrogen-bond donors (Lipinski definition) is 3. The number of anilines is 3. The van der Waals surface area contributed by atoms with Crippen molar-refractivity contribution in [3.8, 4) is 17.5 Å². The molecule has 3 aromatic rings. The summed E-state index contributed by atoms with van der Waals surface area (Å²) >= 11 is 0. The number of rotatable bonds is 4. The lowest BCUT2D eigenvalue weighted by Gasteiger charge is -2.10. The molecule has 114 valence electrons. The van der Waals surface area contributed by atoms with Crippen LogP contribution in [0.3, 0.4) is 0 Å². The van der Waals surface area contributed by atoms with Gasteiger partial charge in [0.25, 0.3) is 0 Å². The van der Waals surface area contributed by atoms with Crippen LogP contribution in [0, 0.1) is 11.3 Å². The summed E-state index contributed by atoms with van der Waals surface area (Å²) < 4.78 is 5.31. The fourth-order valence-corrected chi connectivity index (χ4v) is 2.12. The first-order valence-electron chi connectivity index (χ1n) is 6.87. The molecular formula is C16H14N6O. The molecule has 2 aromatic heterocycles. The predicted molar refractivity (Wildman–Crippen MR) is 87.0 cm³/mol. The van der Waals surface area contributed by atoms with Crippen LogP contribution in [0.15, 0.2) is 47.1 Å². The zero-order valence-corrected chi connectivity index (χ0v) is 12.2. The van der Waals surface area contributed by atoms with Crippen LogP contribution in [-0.4, -0.2) is 9.97 Å². The Hall–Kier alpha value is -3.53. The molecular weight excluding hydrogens is 292 g/mol. The molecule has 3 rings (SSSR count). The SMILES string of the molecule is N#Cc1c(NCc2ccc(N)cc2)nc(N)nc1-c1ccco1. The first-order chi connectivity index (χ1) is 11.2. The average molecular weight is 306 g/mol. The van der Waals surface area contributed by atoms with Crippen LogP contribution in [0.25, 0.3) is 11.5 Å². The molecule has 0 saturated carbocycles. The first kappa shape index (κ1) is 14.4. The molecule has 0 amide bonds. The maximum absolute atomic E-state index is 9.45. The molecule has 0 radical (unpaired) electrons. The minimum absolute atomic E-state index is 0.0650. The summed E-state index contributed by atoms with van der Waals surface area (Å²) in [5.74, 6) is 0.893. The minimum atomic E-state index is 0.0650. The normalized spacial score (nSPS) is 10.2. The molecule has 23 heavy (non-hydrogen) atoms. The zero-order valence-electron chi connectivity index (χ0n) is 12.2. The van der Waals surface area contributed by atoms with Gasteiger partial charge in [0.1, 0.15) is 17.3 Å². The number of hydrogen-bond acceptors (Lipinski definition) is 7. The molecule has 1 aromatic carbocycles. The van der Waals surface area contributed by atoms with Gasteiger partial charge in [-0.05, 0) is 29.8 Å². The van der Waals surface area contributed by atoms with Gasteiger partial charge in [0.15, 0.2) is 11.6 Å². The van der Waals surface area contributed by atoms with Gasteiger partial charge < -0.3 is 21.2 Å². The number of nitrogens with zero attached hydrogens (tertiary/aromatic N) is 3. The number of nitrogen functional groups attached to an aromatic ring is 2. The second-order valence-corrected chi connectivity index (χ2v) is 4.84. The maximum Gasteiger partial charge on any atom is 0.222 e. The van der Waals surface area contributed by atoms with E-state index in [1.165, 1.54) is 6.26 Å². The number of nitriles is 1. The Morgan fingerprint density at radius 1 is 1.13 bits per heavy atom. The van der Waals surface area contributed by atoms with Crippen molar-refractivity contribution in [3.05, 3.63) is 53.8 Å². The first-order valence-corrected chi connectivity index (χ1v) is 6.87. The molecule has 0 unspecified atom stereocenters. The van der Waals surface area contributed by atoms with Crippen molar-refractivity contribution >= 4 is 17.5 Å². The van der Waals surface area contributed by atoms with E-state index in [1.54, 1.807) is 12.1 Å². The second-order valence-electron chi connectivity index (χ2n) is 4.84. The van der Waals surface area contributed by atoms with Crippen molar-refractivity contribution < 1.29 is 4.42 Å². The van der Waals surface area contributed by atoms with Gasteiger partial charge in [0.2, 0.25) is 5.95 Å². The maximum atomic E-state index is 9.45. The highest BCUT2D eigenvalue weighted by molar-refractivity contribution is 5.71. The third-order valence-corrected chi connectivity index (χ3v) is 3.23. The van der Waals surface area contributed by atoms with Gasteiger partial charge in [-0.1, -0.05) is 12.1 Å². The van der Waals surface area contributed by atoms with E-state index in [1.807, 2.05) is 24.3 Å². The highest BCUT2D eigenvalue weighted by atomic mass is 16.3. The van der Waals surface area contributed by atoms with Crippen LogP contribution in [0.5, 0.6) is 0 Å². The third kappa shape index (κ3) is 3.06. The van der Waals surface area contributed by atoms with Gasteiger partial charge >= 0.3 is 0 Å². The Kier molecular flexibility index (Phi) is 3.80. The summed E-state index contributed by atoms with van der Waals surface area (Å²) in [7, 11) is 0. The number of aromatic nitrogens is 2. The molecule has 0 atom stereocenters. The fraction of sp³-hybridized carbons (Fsp3) is 0.0625. The van der Waals surface area contributed by atoms with E-state index in [0.717, 1.165) is 5.56 Å². The van der Waals surface area contributed by atoms with E-state index in [2.05, 4.69) is 21.4 Å². The fourth-order valence-electron chi connectivity index (χ4n) is 2.12. The number of nitrogens with one attached hydrogen (secondary N) is 1. The lowest BCUT2D eigenvalue weighted by Crippen LogP contribution is -2.08. The van der Waals surface area contributed by atoms with Gasteiger partial charge in [-0.25, -0.2) is 4.98 Å². The third-order valence-electron chi connectivity index (χ3n) is 3.23. The Morgan fingerprint density at radius 3 is 2.57 bits per heavy atom. The van der Waals surface area contributed by atoms with Crippen molar-refractivity contribution in [1.82, 2.24) is 9.97 Å². The summed E-state index contributed by atoms with van der Waals surface area (Å²) in [6.45, 7) is 0.475. The van der Waals surface area contributed by atoms with E-state index in [-0.39, 0.29) is 11.5 Å². The summed E-state index contributed by atoms with van der Waals surface area (Å²) in [5.41, 5.74) is 13.8. The smallest absolute Gasteiger partial charge is 0.222 e. The van der Waals surface area contributed by atoms with E-state index in [4.69, 9.17) is 15.9 Å². The summed E-state index contributed by atoms with van der Waals surface area (Å²) in [6.07, 6.45) is 1.51. The molecule has 0 spiro atoms. The second kappa shape index (κ2) is 6.07. The lowest BCUT2D eigenvalue weighted by atomic mass is 10.1. The van der Waals surface area contributed by atoms with Crippen molar-refractivity contribution in [2.45, 2.75) is 6.54 Å². The topological polar surface area (TPSA) is 127 Å². The highest BCUT2D eigenvalue weighted by Crippen LogP contribution is 2.27. The standard InChI is InChI=1S/C16H14N6O/c17-8-12-14(13-2-1-7-23-13)21-16(19)22-15(12)20-9-10-3-5-11(18)6-4-10/h1-7H,9,18H2,(H3,19,20,21,22). The number of furan rings is 1. The van der Waals surface area contributed by atoms with E-state index >= 15 is 0 Å². The Labute approximate surface area is 132 Å². The molecule has 2 heterocycles. The van der Waals surface area contributed by atoms with Gasteiger partial charge in [-0.3, -0.25) is 0 Å². The lowest BCUT2D eigenvalue weighted by molar-refractivity contribution is 0.580. The van der Waals surface area contributed by atoms with Crippen LogP contribution < -0.4 is 16.8 Å². The van der Waals surface area contributed by atoms with Crippen LogP contribution in [0.4, 0.5) is 17.5 Å². The number of benzene rings is 1. The Morgan fingerprint density at radius 2 is 1.91 bits per heavy atom. The molecule has 0 aliphatic carbocycles. The molecule has 0 saturated heterocycles. The molecule has 0 aliphatic rings. The van der Waals surface area contributed by atoms with E-state index in [0.29, 0.717) is 29.5 Å². The summed E-state index contributed by atoms with van der Waals surface area (Å²) in [6, 6.07) is 12.9. The molecule has 7 nitrogen and oxygen atoms in total. The predicted octanol–water partition coefficient (Wildman–Crippen LogP) is 2.38. The van der Waals surface area contributed by atoms with Crippen molar-refractivity contribution in [2.24, 2.45) is 0 Å². The Bertz CT molecular complexity index is 850. The molecule has 0 bridgehead atoms. The summed E-state index contributed by atoms with van der Waals surface area (Å²) in [5, 5.41) is 12.6. The van der Waals surface area contributed by atoms with Gasteiger partial charge in [-0.15, -0.1) is 0 Å². The largest absolute Gasteiger partial charge is 0.463 e. The zero-order chi connectivity index (χ0) is 16.2. The minimum Gasteiger partial charge on any atom is -0.463 e. The summed E-state index contributed by atoms with van der Waals surface area (Å²) in [4.78, 5) is 8.22. The molecule has 0 aliphatic heterocycles. The van der Waals surface area contributed by atoms with Crippen LogP contribution in [0.2, 0.25) is 0 Å². The van der Waals surface area contributed by atoms with Crippen molar-refractivity contribution in [3.63, 3.8) is 0 Å². The molecule has 5 N–H and O–H groups in total. The quantitative estimate of drug-likeness (QED) is 0.631. The van der Waals surface area contributed by atoms with Crippen LogP contribution in [-0.2, 0) is 6.54 Å². The Balaban J connectivity index is 1.92. The van der Waals surface area contributed by atoms with Crippen molar-refractivity contribution in [2.75, 3.05) is 16.8 Å². The van der Waals surface area contributed by atoms with Crippen molar-refractivity contribution in [1.29, 1.82) is 5.26 Å². The monoisotopic (exact) mass is 306 g/mol. The van der Waals surface area contributed by atoms with Gasteiger partial charge in [0, 0.05) is 12.2 Å².